The summed E-state index contributed by atoms with van der Waals surface area (Å²) in [5, 5.41) is 22.5. The van der Waals surface area contributed by atoms with E-state index in [0.29, 0.717) is 4.88 Å². The molecule has 1 aromatic heterocycles. The van der Waals surface area contributed by atoms with Gasteiger partial charge in [-0.15, -0.1) is 11.3 Å². The van der Waals surface area contributed by atoms with Crippen molar-refractivity contribution in [1.29, 1.82) is 0 Å². The fourth-order valence-corrected chi connectivity index (χ4v) is 3.70. The highest BCUT2D eigenvalue weighted by atomic mass is 32.1. The van der Waals surface area contributed by atoms with E-state index in [4.69, 9.17) is 4.74 Å². The van der Waals surface area contributed by atoms with Gasteiger partial charge in [-0.25, -0.2) is 9.59 Å². The SMILES string of the molecule is COC(=O)c1cc(C(=O)c2ccccc2O)c(-c2cccs2)c(C(=O)OC)c1O. The second kappa shape index (κ2) is 8.15. The number of hydrogen-bond donors (Lipinski definition) is 2. The summed E-state index contributed by atoms with van der Waals surface area (Å²) in [6.07, 6.45) is 0. The number of phenolic OH excluding ortho intramolecular Hbond substituents is 2. The number of rotatable bonds is 5. The zero-order valence-electron chi connectivity index (χ0n) is 15.5. The smallest absolute Gasteiger partial charge is 0.342 e. The largest absolute Gasteiger partial charge is 0.507 e. The van der Waals surface area contributed by atoms with Crippen LogP contribution in [-0.4, -0.2) is 42.2 Å². The van der Waals surface area contributed by atoms with Gasteiger partial charge in [0.2, 0.25) is 0 Å². The number of carbonyl (C=O) groups is 3. The number of ketones is 1. The Morgan fingerprint density at radius 1 is 0.862 bits per heavy atom. The van der Waals surface area contributed by atoms with Gasteiger partial charge in [0.25, 0.3) is 0 Å². The molecule has 0 saturated heterocycles. The number of aromatic hydroxyl groups is 2. The van der Waals surface area contributed by atoms with Gasteiger partial charge in [-0.2, -0.15) is 0 Å². The Morgan fingerprint density at radius 3 is 2.14 bits per heavy atom. The Kier molecular flexibility index (Phi) is 5.65. The number of phenols is 2. The van der Waals surface area contributed by atoms with Gasteiger partial charge in [0.15, 0.2) is 5.78 Å². The summed E-state index contributed by atoms with van der Waals surface area (Å²) in [5.41, 5.74) is -0.691. The van der Waals surface area contributed by atoms with E-state index in [2.05, 4.69) is 4.74 Å². The van der Waals surface area contributed by atoms with Crippen molar-refractivity contribution < 1.29 is 34.1 Å². The molecule has 0 fully saturated rings. The van der Waals surface area contributed by atoms with E-state index in [9.17, 15) is 24.6 Å². The van der Waals surface area contributed by atoms with Crippen molar-refractivity contribution in [1.82, 2.24) is 0 Å². The van der Waals surface area contributed by atoms with E-state index in [0.717, 1.165) is 20.3 Å². The summed E-state index contributed by atoms with van der Waals surface area (Å²) >= 11 is 1.23. The van der Waals surface area contributed by atoms with E-state index in [1.807, 2.05) is 0 Å². The Hall–Kier alpha value is -3.65. The van der Waals surface area contributed by atoms with Crippen LogP contribution in [0.4, 0.5) is 0 Å². The molecule has 3 rings (SSSR count). The van der Waals surface area contributed by atoms with Crippen molar-refractivity contribution in [2.75, 3.05) is 14.2 Å². The lowest BCUT2D eigenvalue weighted by Crippen LogP contribution is -2.14. The molecule has 8 heteroatoms. The standard InChI is InChI=1S/C21H16O7S/c1-27-20(25)13-10-12(18(23)11-6-3-4-7-14(11)22)16(15-8-5-9-29-15)17(19(13)24)21(26)28-2/h3-10,22,24H,1-2H3. The molecule has 0 radical (unpaired) electrons. The van der Waals surface area contributed by atoms with Crippen LogP contribution in [0.15, 0.2) is 47.8 Å². The van der Waals surface area contributed by atoms with E-state index in [1.165, 1.54) is 23.5 Å². The van der Waals surface area contributed by atoms with Gasteiger partial charge >= 0.3 is 11.9 Å². The van der Waals surface area contributed by atoms with Gasteiger partial charge in [0.05, 0.1) is 19.8 Å². The van der Waals surface area contributed by atoms with E-state index < -0.39 is 23.5 Å². The molecular formula is C21H16O7S. The van der Waals surface area contributed by atoms with Gasteiger partial charge in [0, 0.05) is 16.0 Å². The summed E-state index contributed by atoms with van der Waals surface area (Å²) in [4.78, 5) is 38.5. The van der Waals surface area contributed by atoms with E-state index in [1.54, 1.807) is 29.6 Å². The number of esters is 2. The molecule has 0 aliphatic carbocycles. The fourth-order valence-electron chi connectivity index (χ4n) is 2.91. The Balaban J connectivity index is 2.42. The molecule has 1 heterocycles. The monoisotopic (exact) mass is 412 g/mol. The Labute approximate surface area is 169 Å². The molecule has 148 valence electrons. The predicted octanol–water partition coefficient (Wildman–Crippen LogP) is 3.63. The maximum atomic E-state index is 13.3. The fraction of sp³-hybridized carbons (Fsp3) is 0.0952. The van der Waals surface area contributed by atoms with Gasteiger partial charge in [-0.1, -0.05) is 18.2 Å². The summed E-state index contributed by atoms with van der Waals surface area (Å²) in [7, 11) is 2.23. The maximum absolute atomic E-state index is 13.3. The van der Waals surface area contributed by atoms with E-state index in [-0.39, 0.29) is 33.6 Å². The summed E-state index contributed by atoms with van der Waals surface area (Å²) in [6, 6.07) is 10.4. The molecule has 0 aliphatic heterocycles. The van der Waals surface area contributed by atoms with Crippen molar-refractivity contribution in [3.63, 3.8) is 0 Å². The number of methoxy groups -OCH3 is 2. The maximum Gasteiger partial charge on any atom is 0.342 e. The molecular weight excluding hydrogens is 396 g/mol. The third kappa shape index (κ3) is 3.57. The summed E-state index contributed by atoms with van der Waals surface area (Å²) in [6.45, 7) is 0. The van der Waals surface area contributed by atoms with Crippen molar-refractivity contribution in [2.24, 2.45) is 0 Å². The second-order valence-electron chi connectivity index (χ2n) is 5.88. The number of para-hydroxylation sites is 1. The molecule has 0 bridgehead atoms. The molecule has 0 unspecified atom stereocenters. The van der Waals surface area contributed by atoms with Gasteiger partial charge in [-0.3, -0.25) is 4.79 Å². The van der Waals surface area contributed by atoms with Crippen molar-refractivity contribution in [3.8, 4) is 21.9 Å². The van der Waals surface area contributed by atoms with Gasteiger partial charge in [-0.05, 0) is 29.6 Å². The number of carbonyl (C=O) groups excluding carboxylic acids is 3. The average Bonchev–Trinajstić information content (AvgIpc) is 3.26. The van der Waals surface area contributed by atoms with Crippen molar-refractivity contribution in [3.05, 3.63) is 70.1 Å². The van der Waals surface area contributed by atoms with Crippen molar-refractivity contribution >= 4 is 29.1 Å². The molecule has 0 spiro atoms. The minimum absolute atomic E-state index is 0.0253. The first-order chi connectivity index (χ1) is 13.9. The molecule has 29 heavy (non-hydrogen) atoms. The number of benzene rings is 2. The molecule has 0 saturated carbocycles. The van der Waals surface area contributed by atoms with Crippen LogP contribution in [0.3, 0.4) is 0 Å². The summed E-state index contributed by atoms with van der Waals surface area (Å²) < 4.78 is 9.45. The zero-order valence-corrected chi connectivity index (χ0v) is 16.3. The topological polar surface area (TPSA) is 110 Å². The highest BCUT2D eigenvalue weighted by Gasteiger charge is 2.31. The zero-order chi connectivity index (χ0) is 21.1. The van der Waals surface area contributed by atoms with Crippen LogP contribution in [0.1, 0.15) is 36.6 Å². The van der Waals surface area contributed by atoms with Crippen LogP contribution >= 0.6 is 11.3 Å². The number of ether oxygens (including phenoxy) is 2. The number of thiophene rings is 1. The quantitative estimate of drug-likeness (QED) is 0.486. The van der Waals surface area contributed by atoms with Crippen LogP contribution in [0.2, 0.25) is 0 Å². The normalized spacial score (nSPS) is 10.4. The second-order valence-corrected chi connectivity index (χ2v) is 6.82. The minimum Gasteiger partial charge on any atom is -0.507 e. The lowest BCUT2D eigenvalue weighted by Gasteiger charge is -2.16. The third-order valence-electron chi connectivity index (χ3n) is 4.26. The molecule has 7 nitrogen and oxygen atoms in total. The lowest BCUT2D eigenvalue weighted by atomic mass is 9.90. The molecule has 2 aromatic carbocycles. The Morgan fingerprint density at radius 2 is 1.55 bits per heavy atom. The van der Waals surface area contributed by atoms with Gasteiger partial charge in [0.1, 0.15) is 22.6 Å². The van der Waals surface area contributed by atoms with Crippen LogP contribution in [0, 0.1) is 0 Å². The summed E-state index contributed by atoms with van der Waals surface area (Å²) in [5.74, 6) is -3.41. The van der Waals surface area contributed by atoms with Gasteiger partial charge < -0.3 is 19.7 Å². The van der Waals surface area contributed by atoms with Crippen LogP contribution in [-0.2, 0) is 9.47 Å². The van der Waals surface area contributed by atoms with Crippen LogP contribution in [0.5, 0.6) is 11.5 Å². The molecule has 0 atom stereocenters. The highest BCUT2D eigenvalue weighted by Crippen LogP contribution is 2.40. The molecule has 0 aliphatic rings. The first kappa shape index (κ1) is 20.1. The molecule has 2 N–H and O–H groups in total. The number of hydrogen-bond acceptors (Lipinski definition) is 8. The average molecular weight is 412 g/mol. The first-order valence-electron chi connectivity index (χ1n) is 8.33. The lowest BCUT2D eigenvalue weighted by molar-refractivity contribution is 0.0593. The first-order valence-corrected chi connectivity index (χ1v) is 9.21. The van der Waals surface area contributed by atoms with Crippen LogP contribution in [0.25, 0.3) is 10.4 Å². The van der Waals surface area contributed by atoms with Crippen molar-refractivity contribution in [2.45, 2.75) is 0 Å². The minimum atomic E-state index is -0.934. The highest BCUT2D eigenvalue weighted by molar-refractivity contribution is 7.13. The van der Waals surface area contributed by atoms with Crippen LogP contribution < -0.4 is 0 Å². The predicted molar refractivity (Wildman–Crippen MR) is 106 cm³/mol. The molecule has 3 aromatic rings. The molecule has 0 amide bonds. The van der Waals surface area contributed by atoms with E-state index >= 15 is 0 Å². The third-order valence-corrected chi connectivity index (χ3v) is 5.14. The Bertz CT molecular complexity index is 1100.